The number of pyridine rings is 1. The van der Waals surface area contributed by atoms with Crippen LogP contribution in [-0.4, -0.2) is 24.0 Å². The van der Waals surface area contributed by atoms with E-state index in [4.69, 9.17) is 4.74 Å². The van der Waals surface area contributed by atoms with Gasteiger partial charge >= 0.3 is 0 Å². The summed E-state index contributed by atoms with van der Waals surface area (Å²) >= 11 is 0. The fourth-order valence-corrected chi connectivity index (χ4v) is 2.71. The molecular formula is C22H23N3O2. The Kier molecular flexibility index (Phi) is 6.41. The third kappa shape index (κ3) is 5.31. The van der Waals surface area contributed by atoms with E-state index in [9.17, 15) is 4.79 Å². The molecule has 1 heterocycles. The Morgan fingerprint density at radius 2 is 1.81 bits per heavy atom. The molecule has 2 N–H and O–H groups in total. The lowest BCUT2D eigenvalue weighted by Gasteiger charge is -2.13. The number of benzene rings is 2. The highest BCUT2D eigenvalue weighted by Crippen LogP contribution is 2.19. The van der Waals surface area contributed by atoms with Crippen molar-refractivity contribution >= 4 is 11.6 Å². The van der Waals surface area contributed by atoms with Crippen LogP contribution in [0, 0.1) is 6.92 Å². The van der Waals surface area contributed by atoms with Crippen LogP contribution in [0.3, 0.4) is 0 Å². The number of carbonyl (C=O) groups excluding carboxylic acids is 1. The van der Waals surface area contributed by atoms with Crippen LogP contribution in [-0.2, 0) is 6.54 Å². The summed E-state index contributed by atoms with van der Waals surface area (Å²) in [6.45, 7) is 3.42. The van der Waals surface area contributed by atoms with Gasteiger partial charge in [-0.2, -0.15) is 0 Å². The van der Waals surface area contributed by atoms with Gasteiger partial charge in [0.1, 0.15) is 12.4 Å². The van der Waals surface area contributed by atoms with Gasteiger partial charge in [-0.25, -0.2) is 0 Å². The molecule has 1 aromatic heterocycles. The fraction of sp³-hybridized carbons (Fsp3) is 0.182. The molecular weight excluding hydrogens is 338 g/mol. The number of rotatable bonds is 8. The Hall–Kier alpha value is -3.34. The van der Waals surface area contributed by atoms with E-state index in [0.717, 1.165) is 22.7 Å². The van der Waals surface area contributed by atoms with Crippen LogP contribution in [0.25, 0.3) is 0 Å². The number of anilines is 1. The summed E-state index contributed by atoms with van der Waals surface area (Å²) in [6, 6.07) is 21.0. The van der Waals surface area contributed by atoms with Gasteiger partial charge in [0.05, 0.1) is 18.8 Å². The predicted molar refractivity (Wildman–Crippen MR) is 107 cm³/mol. The van der Waals surface area contributed by atoms with Crippen molar-refractivity contribution in [3.05, 3.63) is 89.7 Å². The van der Waals surface area contributed by atoms with Crippen LogP contribution in [0.1, 0.15) is 21.6 Å². The summed E-state index contributed by atoms with van der Waals surface area (Å²) in [6.07, 6.45) is 1.77. The SMILES string of the molecule is Cc1c(NCc2ccccn2)cccc1C(=O)NCCOc1ccccc1. The molecule has 0 aliphatic heterocycles. The maximum absolute atomic E-state index is 12.5. The van der Waals surface area contributed by atoms with Crippen molar-refractivity contribution in [2.75, 3.05) is 18.5 Å². The van der Waals surface area contributed by atoms with Gasteiger partial charge in [-0.3, -0.25) is 9.78 Å². The molecule has 3 aromatic rings. The van der Waals surface area contributed by atoms with Crippen molar-refractivity contribution < 1.29 is 9.53 Å². The summed E-state index contributed by atoms with van der Waals surface area (Å²) in [5.41, 5.74) is 3.44. The van der Waals surface area contributed by atoms with Gasteiger partial charge in [0.15, 0.2) is 0 Å². The predicted octanol–water partition coefficient (Wildman–Crippen LogP) is 3.81. The van der Waals surface area contributed by atoms with E-state index in [-0.39, 0.29) is 5.91 Å². The van der Waals surface area contributed by atoms with Gasteiger partial charge in [-0.1, -0.05) is 30.3 Å². The van der Waals surface area contributed by atoms with Crippen LogP contribution in [0.4, 0.5) is 5.69 Å². The third-order valence-electron chi connectivity index (χ3n) is 4.16. The minimum absolute atomic E-state index is 0.106. The van der Waals surface area contributed by atoms with E-state index in [0.29, 0.717) is 25.3 Å². The molecule has 5 nitrogen and oxygen atoms in total. The van der Waals surface area contributed by atoms with Crippen molar-refractivity contribution in [3.8, 4) is 5.75 Å². The minimum atomic E-state index is -0.106. The smallest absolute Gasteiger partial charge is 0.251 e. The van der Waals surface area contributed by atoms with Crippen LogP contribution >= 0.6 is 0 Å². The number of amides is 1. The zero-order chi connectivity index (χ0) is 18.9. The summed E-state index contributed by atoms with van der Waals surface area (Å²) in [5.74, 6) is 0.689. The van der Waals surface area contributed by atoms with Gasteiger partial charge in [0.25, 0.3) is 5.91 Å². The monoisotopic (exact) mass is 361 g/mol. The molecule has 0 radical (unpaired) electrons. The van der Waals surface area contributed by atoms with Crippen molar-refractivity contribution in [1.82, 2.24) is 10.3 Å². The number of para-hydroxylation sites is 1. The van der Waals surface area contributed by atoms with Gasteiger partial charge in [0, 0.05) is 17.4 Å². The number of ether oxygens (including phenoxy) is 1. The van der Waals surface area contributed by atoms with Crippen LogP contribution in [0.15, 0.2) is 72.9 Å². The minimum Gasteiger partial charge on any atom is -0.492 e. The number of hydrogen-bond acceptors (Lipinski definition) is 4. The number of carbonyl (C=O) groups is 1. The third-order valence-corrected chi connectivity index (χ3v) is 4.16. The standard InChI is InChI=1S/C22H23N3O2/c1-17-20(22(26)24-14-15-27-19-9-3-2-4-10-19)11-7-12-21(17)25-16-18-8-5-6-13-23-18/h2-13,25H,14-16H2,1H3,(H,24,26). The lowest BCUT2D eigenvalue weighted by Crippen LogP contribution is -2.28. The molecule has 0 fully saturated rings. The van der Waals surface area contributed by atoms with Gasteiger partial charge in [-0.05, 0) is 48.9 Å². The largest absolute Gasteiger partial charge is 0.492 e. The summed E-state index contributed by atoms with van der Waals surface area (Å²) in [4.78, 5) is 16.8. The lowest BCUT2D eigenvalue weighted by atomic mass is 10.1. The molecule has 0 aliphatic carbocycles. The van der Waals surface area contributed by atoms with E-state index in [2.05, 4.69) is 15.6 Å². The summed E-state index contributed by atoms with van der Waals surface area (Å²) < 4.78 is 5.60. The number of nitrogens with zero attached hydrogens (tertiary/aromatic N) is 1. The number of hydrogen-bond donors (Lipinski definition) is 2. The normalized spacial score (nSPS) is 10.3. The molecule has 2 aromatic carbocycles. The van der Waals surface area contributed by atoms with E-state index in [1.807, 2.05) is 73.7 Å². The molecule has 1 amide bonds. The molecule has 3 rings (SSSR count). The lowest BCUT2D eigenvalue weighted by molar-refractivity contribution is 0.0946. The Morgan fingerprint density at radius 3 is 2.59 bits per heavy atom. The van der Waals surface area contributed by atoms with E-state index < -0.39 is 0 Å². The quantitative estimate of drug-likeness (QED) is 0.599. The first kappa shape index (κ1) is 18.5. The molecule has 5 heteroatoms. The second-order valence-electron chi connectivity index (χ2n) is 6.07. The molecule has 0 aliphatic rings. The first-order valence-corrected chi connectivity index (χ1v) is 8.93. The topological polar surface area (TPSA) is 63.2 Å². The Morgan fingerprint density at radius 1 is 1.00 bits per heavy atom. The average Bonchev–Trinajstić information content (AvgIpc) is 2.72. The molecule has 0 bridgehead atoms. The molecule has 27 heavy (non-hydrogen) atoms. The van der Waals surface area contributed by atoms with Crippen LogP contribution < -0.4 is 15.4 Å². The number of nitrogens with one attached hydrogen (secondary N) is 2. The van der Waals surface area contributed by atoms with Gasteiger partial charge in [-0.15, -0.1) is 0 Å². The maximum atomic E-state index is 12.5. The van der Waals surface area contributed by atoms with Gasteiger partial charge in [0.2, 0.25) is 0 Å². The first-order chi connectivity index (χ1) is 13.2. The Bertz CT molecular complexity index is 867. The van der Waals surface area contributed by atoms with Crippen molar-refractivity contribution in [3.63, 3.8) is 0 Å². The van der Waals surface area contributed by atoms with Crippen molar-refractivity contribution in [1.29, 1.82) is 0 Å². The highest BCUT2D eigenvalue weighted by Gasteiger charge is 2.11. The zero-order valence-corrected chi connectivity index (χ0v) is 15.3. The number of aromatic nitrogens is 1. The van der Waals surface area contributed by atoms with Crippen molar-refractivity contribution in [2.45, 2.75) is 13.5 Å². The average molecular weight is 361 g/mol. The Balaban J connectivity index is 1.53. The van der Waals surface area contributed by atoms with Crippen LogP contribution in [0.2, 0.25) is 0 Å². The summed E-state index contributed by atoms with van der Waals surface area (Å²) in [5, 5.41) is 6.25. The fourth-order valence-electron chi connectivity index (χ4n) is 2.71. The highest BCUT2D eigenvalue weighted by molar-refractivity contribution is 5.97. The molecule has 0 atom stereocenters. The molecule has 0 unspecified atom stereocenters. The van der Waals surface area contributed by atoms with E-state index in [1.165, 1.54) is 0 Å². The first-order valence-electron chi connectivity index (χ1n) is 8.93. The zero-order valence-electron chi connectivity index (χ0n) is 15.3. The molecule has 0 spiro atoms. The van der Waals surface area contributed by atoms with Crippen molar-refractivity contribution in [2.24, 2.45) is 0 Å². The van der Waals surface area contributed by atoms with E-state index in [1.54, 1.807) is 6.20 Å². The molecule has 0 saturated heterocycles. The molecule has 138 valence electrons. The van der Waals surface area contributed by atoms with Gasteiger partial charge < -0.3 is 15.4 Å². The van der Waals surface area contributed by atoms with E-state index >= 15 is 0 Å². The Labute approximate surface area is 159 Å². The summed E-state index contributed by atoms with van der Waals surface area (Å²) in [7, 11) is 0. The highest BCUT2D eigenvalue weighted by atomic mass is 16.5. The molecule has 0 saturated carbocycles. The second-order valence-corrected chi connectivity index (χ2v) is 6.07. The van der Waals surface area contributed by atoms with Crippen LogP contribution in [0.5, 0.6) is 5.75 Å². The maximum Gasteiger partial charge on any atom is 0.251 e. The second kappa shape index (κ2) is 9.38.